The molecular weight excluding hydrogens is 303 g/mol. The molecule has 0 bridgehead atoms. The van der Waals surface area contributed by atoms with Gasteiger partial charge in [0.1, 0.15) is 30.1 Å². The average molecular weight is 317 g/mol. The van der Waals surface area contributed by atoms with Crippen LogP contribution in [0.15, 0.2) is 53.1 Å². The van der Waals surface area contributed by atoms with Crippen LogP contribution < -0.4 is 4.57 Å². The van der Waals surface area contributed by atoms with Crippen LogP contribution in [0.25, 0.3) is 33.2 Å². The second-order valence-electron chi connectivity index (χ2n) is 5.84. The van der Waals surface area contributed by atoms with Crippen molar-refractivity contribution >= 4 is 21.9 Å². The second kappa shape index (κ2) is 5.17. The molecule has 4 heteroatoms. The Kier molecular flexibility index (Phi) is 3.10. The molecule has 0 aliphatic heterocycles. The van der Waals surface area contributed by atoms with Gasteiger partial charge in [0.15, 0.2) is 6.20 Å². The number of pyridine rings is 1. The van der Waals surface area contributed by atoms with Gasteiger partial charge in [-0.1, -0.05) is 12.1 Å². The van der Waals surface area contributed by atoms with Gasteiger partial charge in [-0.3, -0.25) is 0 Å². The van der Waals surface area contributed by atoms with Crippen LogP contribution in [0.4, 0.5) is 4.39 Å². The number of fused-ring (bicyclic) bond motifs is 3. The van der Waals surface area contributed by atoms with E-state index in [1.165, 1.54) is 6.07 Å². The normalized spacial score (nSPS) is 11.1. The molecule has 0 spiro atoms. The molecule has 0 atom stereocenters. The van der Waals surface area contributed by atoms with E-state index in [1.54, 1.807) is 6.07 Å². The third-order valence-corrected chi connectivity index (χ3v) is 4.39. The minimum absolute atomic E-state index is 0.0264. The second-order valence-corrected chi connectivity index (χ2v) is 5.84. The van der Waals surface area contributed by atoms with Crippen molar-refractivity contribution in [3.05, 3.63) is 65.6 Å². The van der Waals surface area contributed by atoms with E-state index in [0.29, 0.717) is 16.6 Å². The van der Waals surface area contributed by atoms with Crippen LogP contribution in [-0.2, 0) is 7.05 Å². The van der Waals surface area contributed by atoms with Gasteiger partial charge in [-0.25, -0.2) is 8.96 Å². The zero-order chi connectivity index (χ0) is 16.8. The van der Waals surface area contributed by atoms with E-state index in [4.69, 9.17) is 4.42 Å². The maximum absolute atomic E-state index is 14.0. The van der Waals surface area contributed by atoms with Gasteiger partial charge in [-0.05, 0) is 30.7 Å². The number of hydrogen-bond acceptors (Lipinski definition) is 2. The number of aryl methyl sites for hydroxylation is 2. The van der Waals surface area contributed by atoms with Gasteiger partial charge < -0.3 is 4.42 Å². The molecule has 0 saturated carbocycles. The lowest BCUT2D eigenvalue weighted by Gasteiger charge is -2.05. The highest BCUT2D eigenvalue weighted by molar-refractivity contribution is 6.11. The number of furan rings is 1. The van der Waals surface area contributed by atoms with Gasteiger partial charge in [0.25, 0.3) is 0 Å². The summed E-state index contributed by atoms with van der Waals surface area (Å²) in [5.41, 5.74) is 4.23. The number of nitriles is 1. The van der Waals surface area contributed by atoms with Gasteiger partial charge in [-0.2, -0.15) is 5.26 Å². The Balaban J connectivity index is 2.21. The molecule has 2 aromatic carbocycles. The van der Waals surface area contributed by atoms with Crippen LogP contribution in [0.3, 0.4) is 0 Å². The highest BCUT2D eigenvalue weighted by Gasteiger charge is 2.22. The van der Waals surface area contributed by atoms with Crippen molar-refractivity contribution < 1.29 is 13.4 Å². The highest BCUT2D eigenvalue weighted by Crippen LogP contribution is 2.38. The summed E-state index contributed by atoms with van der Waals surface area (Å²) in [5, 5.41) is 10.6. The third kappa shape index (κ3) is 1.92. The van der Waals surface area contributed by atoms with Gasteiger partial charge in [0, 0.05) is 22.9 Å². The quantitative estimate of drug-likeness (QED) is 0.488. The summed E-state index contributed by atoms with van der Waals surface area (Å²) in [6, 6.07) is 14.6. The first kappa shape index (κ1) is 14.4. The predicted octanol–water partition coefficient (Wildman–Crippen LogP) is 4.40. The SMILES string of the molecule is Cc1ccc2c(oc3ccc(F)c(C#N)c32)c1-c1cccc[n+]1C. The van der Waals surface area contributed by atoms with E-state index >= 15 is 0 Å². The van der Waals surface area contributed by atoms with E-state index in [0.717, 1.165) is 22.2 Å². The van der Waals surface area contributed by atoms with E-state index < -0.39 is 5.82 Å². The number of rotatable bonds is 1. The van der Waals surface area contributed by atoms with Crippen LogP contribution in [0.2, 0.25) is 0 Å². The molecule has 0 aliphatic rings. The van der Waals surface area contributed by atoms with Crippen molar-refractivity contribution in [2.45, 2.75) is 6.92 Å². The minimum atomic E-state index is -0.528. The van der Waals surface area contributed by atoms with Crippen LogP contribution in [-0.4, -0.2) is 0 Å². The molecule has 0 fully saturated rings. The highest BCUT2D eigenvalue weighted by atomic mass is 19.1. The van der Waals surface area contributed by atoms with Crippen molar-refractivity contribution in [3.8, 4) is 17.3 Å². The molecule has 0 saturated heterocycles. The summed E-state index contributed by atoms with van der Waals surface area (Å²) < 4.78 is 22.1. The molecule has 116 valence electrons. The third-order valence-electron chi connectivity index (χ3n) is 4.39. The fourth-order valence-electron chi connectivity index (χ4n) is 3.22. The van der Waals surface area contributed by atoms with Crippen molar-refractivity contribution in [3.63, 3.8) is 0 Å². The fourth-order valence-corrected chi connectivity index (χ4v) is 3.22. The summed E-state index contributed by atoms with van der Waals surface area (Å²) in [6.45, 7) is 2.01. The standard InChI is InChI=1S/C20H14FN2O/c1-12-6-7-13-19-14(11-22)15(21)8-9-17(19)24-20(13)18(12)16-5-3-4-10-23(16)2/h3-10H,1-2H3/q+1. The zero-order valence-corrected chi connectivity index (χ0v) is 13.3. The van der Waals surface area contributed by atoms with Crippen LogP contribution >= 0.6 is 0 Å². The van der Waals surface area contributed by atoms with E-state index in [2.05, 4.69) is 0 Å². The maximum Gasteiger partial charge on any atom is 0.216 e. The monoisotopic (exact) mass is 317 g/mol. The van der Waals surface area contributed by atoms with E-state index in [9.17, 15) is 9.65 Å². The largest absolute Gasteiger partial charge is 0.455 e. The molecule has 0 N–H and O–H groups in total. The summed E-state index contributed by atoms with van der Waals surface area (Å²) in [4.78, 5) is 0. The molecular formula is C20H14FN2O+. The average Bonchev–Trinajstić information content (AvgIpc) is 2.94. The first-order chi connectivity index (χ1) is 11.6. The van der Waals surface area contributed by atoms with Gasteiger partial charge >= 0.3 is 0 Å². The summed E-state index contributed by atoms with van der Waals surface area (Å²) in [6.07, 6.45) is 1.97. The van der Waals surface area contributed by atoms with Crippen molar-refractivity contribution in [2.75, 3.05) is 0 Å². The van der Waals surface area contributed by atoms with Gasteiger partial charge in [0.05, 0.1) is 11.1 Å². The Hall–Kier alpha value is -3.19. The molecule has 4 rings (SSSR count). The Morgan fingerprint density at radius 1 is 1.12 bits per heavy atom. The lowest BCUT2D eigenvalue weighted by Crippen LogP contribution is -2.30. The summed E-state index contributed by atoms with van der Waals surface area (Å²) >= 11 is 0. The predicted molar refractivity (Wildman–Crippen MR) is 89.7 cm³/mol. The minimum Gasteiger partial charge on any atom is -0.455 e. The maximum atomic E-state index is 14.0. The van der Waals surface area contributed by atoms with Gasteiger partial charge in [-0.15, -0.1) is 0 Å². The smallest absolute Gasteiger partial charge is 0.216 e. The van der Waals surface area contributed by atoms with Crippen molar-refractivity contribution in [1.82, 2.24) is 0 Å². The number of benzene rings is 2. The van der Waals surface area contributed by atoms with E-state index in [1.807, 2.05) is 61.1 Å². The molecule has 0 unspecified atom stereocenters. The lowest BCUT2D eigenvalue weighted by molar-refractivity contribution is -0.660. The number of halogens is 1. The molecule has 4 aromatic rings. The zero-order valence-electron chi connectivity index (χ0n) is 13.3. The first-order valence-corrected chi connectivity index (χ1v) is 7.61. The first-order valence-electron chi connectivity index (χ1n) is 7.61. The Labute approximate surface area is 138 Å². The number of aromatic nitrogens is 1. The summed E-state index contributed by atoms with van der Waals surface area (Å²) in [5.74, 6) is -0.528. The number of nitrogens with zero attached hydrogens (tertiary/aromatic N) is 2. The molecule has 0 amide bonds. The Bertz CT molecular complexity index is 1150. The summed E-state index contributed by atoms with van der Waals surface area (Å²) in [7, 11) is 1.97. The van der Waals surface area contributed by atoms with Gasteiger partial charge in [0.2, 0.25) is 5.69 Å². The van der Waals surface area contributed by atoms with Crippen LogP contribution in [0.1, 0.15) is 11.1 Å². The molecule has 2 aromatic heterocycles. The molecule has 2 heterocycles. The van der Waals surface area contributed by atoms with Crippen LogP contribution in [0.5, 0.6) is 0 Å². The molecule has 24 heavy (non-hydrogen) atoms. The fraction of sp³-hybridized carbons (Fsp3) is 0.100. The molecule has 3 nitrogen and oxygen atoms in total. The topological polar surface area (TPSA) is 40.8 Å². The van der Waals surface area contributed by atoms with Crippen molar-refractivity contribution in [1.29, 1.82) is 5.26 Å². The number of hydrogen-bond donors (Lipinski definition) is 0. The Morgan fingerprint density at radius 2 is 1.96 bits per heavy atom. The Morgan fingerprint density at radius 3 is 2.71 bits per heavy atom. The lowest BCUT2D eigenvalue weighted by atomic mass is 9.99. The molecule has 0 aliphatic carbocycles. The van der Waals surface area contributed by atoms with E-state index in [-0.39, 0.29) is 5.56 Å². The van der Waals surface area contributed by atoms with Crippen molar-refractivity contribution in [2.24, 2.45) is 7.05 Å². The van der Waals surface area contributed by atoms with Crippen LogP contribution in [0, 0.1) is 24.1 Å². The molecule has 0 radical (unpaired) electrons.